The van der Waals surface area contributed by atoms with E-state index in [1.165, 1.54) is 19.2 Å². The lowest BCUT2D eigenvalue weighted by Crippen LogP contribution is -2.07. The minimum atomic E-state index is -0.591. The molecule has 0 unspecified atom stereocenters. The van der Waals surface area contributed by atoms with Gasteiger partial charge in [-0.05, 0) is 26.0 Å². The number of rotatable bonds is 3. The van der Waals surface area contributed by atoms with E-state index in [9.17, 15) is 9.18 Å². The van der Waals surface area contributed by atoms with Crippen LogP contribution in [0.25, 0.3) is 0 Å². The molecule has 1 heterocycles. The van der Waals surface area contributed by atoms with Gasteiger partial charge in [-0.25, -0.2) is 4.39 Å². The zero-order valence-electron chi connectivity index (χ0n) is 11.3. The molecule has 0 bridgehead atoms. The Bertz CT molecular complexity index is 647. The molecule has 1 aromatic carbocycles. The summed E-state index contributed by atoms with van der Waals surface area (Å²) in [6.07, 6.45) is 0. The normalized spacial score (nSPS) is 10.6. The summed E-state index contributed by atoms with van der Waals surface area (Å²) in [6.45, 7) is 3.52. The van der Waals surface area contributed by atoms with Crippen LogP contribution in [-0.4, -0.2) is 22.7 Å². The number of ketones is 1. The summed E-state index contributed by atoms with van der Waals surface area (Å²) in [5.41, 5.74) is 1.80. The number of aryl methyl sites for hydroxylation is 2. The molecular weight excluding hydrogens is 247 g/mol. The van der Waals surface area contributed by atoms with E-state index in [1.807, 2.05) is 0 Å². The number of hydrogen-bond donors (Lipinski definition) is 0. The Morgan fingerprint density at radius 2 is 2.05 bits per heavy atom. The summed E-state index contributed by atoms with van der Waals surface area (Å²) in [5.74, 6) is -0.566. The van der Waals surface area contributed by atoms with Crippen LogP contribution in [0.4, 0.5) is 4.39 Å². The number of carbonyl (C=O) groups is 1. The zero-order valence-corrected chi connectivity index (χ0v) is 11.3. The van der Waals surface area contributed by atoms with Gasteiger partial charge in [0.05, 0.1) is 23.9 Å². The molecule has 0 amide bonds. The van der Waals surface area contributed by atoms with Gasteiger partial charge in [-0.1, -0.05) is 0 Å². The number of carbonyl (C=O) groups excluding carboxylic acids is 1. The molecular formula is C14H15FN2O2. The highest BCUT2D eigenvalue weighted by Crippen LogP contribution is 2.22. The van der Waals surface area contributed by atoms with Gasteiger partial charge in [0, 0.05) is 18.8 Å². The molecule has 0 saturated heterocycles. The molecule has 0 atom stereocenters. The van der Waals surface area contributed by atoms with Gasteiger partial charge >= 0.3 is 0 Å². The van der Waals surface area contributed by atoms with Crippen molar-refractivity contribution in [3.05, 3.63) is 46.5 Å². The molecule has 0 saturated carbocycles. The molecule has 19 heavy (non-hydrogen) atoms. The molecule has 2 aromatic rings. The average Bonchev–Trinajstić information content (AvgIpc) is 2.62. The van der Waals surface area contributed by atoms with Crippen molar-refractivity contribution < 1.29 is 13.9 Å². The van der Waals surface area contributed by atoms with E-state index in [4.69, 9.17) is 4.74 Å². The van der Waals surface area contributed by atoms with Crippen molar-refractivity contribution in [2.24, 2.45) is 7.05 Å². The van der Waals surface area contributed by atoms with E-state index in [0.29, 0.717) is 17.0 Å². The van der Waals surface area contributed by atoms with E-state index in [0.717, 1.165) is 5.69 Å². The highest BCUT2D eigenvalue weighted by atomic mass is 19.1. The van der Waals surface area contributed by atoms with Crippen molar-refractivity contribution >= 4 is 5.78 Å². The van der Waals surface area contributed by atoms with Gasteiger partial charge in [-0.3, -0.25) is 9.48 Å². The predicted molar refractivity (Wildman–Crippen MR) is 69.1 cm³/mol. The van der Waals surface area contributed by atoms with Crippen LogP contribution in [0.1, 0.15) is 27.3 Å². The second-order valence-electron chi connectivity index (χ2n) is 4.34. The van der Waals surface area contributed by atoms with Crippen LogP contribution < -0.4 is 4.74 Å². The fourth-order valence-corrected chi connectivity index (χ4v) is 2.04. The quantitative estimate of drug-likeness (QED) is 0.798. The Labute approximate surface area is 110 Å². The first kappa shape index (κ1) is 13.3. The molecule has 1 aromatic heterocycles. The van der Waals surface area contributed by atoms with Crippen molar-refractivity contribution in [2.45, 2.75) is 13.8 Å². The molecule has 4 nitrogen and oxygen atoms in total. The third-order valence-corrected chi connectivity index (χ3v) is 3.16. The van der Waals surface area contributed by atoms with Crippen LogP contribution in [-0.2, 0) is 7.05 Å². The van der Waals surface area contributed by atoms with Gasteiger partial charge in [0.25, 0.3) is 0 Å². The summed E-state index contributed by atoms with van der Waals surface area (Å²) in [6, 6.07) is 4.20. The molecule has 0 fully saturated rings. The first-order chi connectivity index (χ1) is 8.95. The molecule has 2 rings (SSSR count). The van der Waals surface area contributed by atoms with Crippen molar-refractivity contribution in [1.29, 1.82) is 0 Å². The largest absolute Gasteiger partial charge is 0.497 e. The first-order valence-corrected chi connectivity index (χ1v) is 5.84. The summed E-state index contributed by atoms with van der Waals surface area (Å²) >= 11 is 0. The number of hydrogen-bond acceptors (Lipinski definition) is 3. The Morgan fingerprint density at radius 1 is 1.37 bits per heavy atom. The predicted octanol–water partition coefficient (Wildman–Crippen LogP) is 2.42. The fraction of sp³-hybridized carbons (Fsp3) is 0.286. The number of ether oxygens (including phenoxy) is 1. The van der Waals surface area contributed by atoms with Crippen LogP contribution in [0.2, 0.25) is 0 Å². The number of nitrogens with zero attached hydrogens (tertiary/aromatic N) is 2. The summed E-state index contributed by atoms with van der Waals surface area (Å²) in [5, 5.41) is 4.17. The van der Waals surface area contributed by atoms with E-state index in [2.05, 4.69) is 5.10 Å². The summed E-state index contributed by atoms with van der Waals surface area (Å²) in [7, 11) is 3.20. The maximum atomic E-state index is 13.9. The Hall–Kier alpha value is -2.17. The lowest BCUT2D eigenvalue weighted by molar-refractivity contribution is 0.103. The standard InChI is InChI=1S/C14H15FN2O2/c1-8-13(9(2)17(3)16-8)14(18)11-6-5-10(19-4)7-12(11)15/h5-7H,1-4H3. The number of halogens is 1. The highest BCUT2D eigenvalue weighted by molar-refractivity contribution is 6.10. The van der Waals surface area contributed by atoms with Gasteiger partial charge in [0.1, 0.15) is 11.6 Å². The maximum Gasteiger partial charge on any atom is 0.199 e. The molecule has 0 aliphatic heterocycles. The minimum absolute atomic E-state index is 0.0278. The second-order valence-corrected chi connectivity index (χ2v) is 4.34. The fourth-order valence-electron chi connectivity index (χ4n) is 2.04. The van der Waals surface area contributed by atoms with Gasteiger partial charge in [-0.2, -0.15) is 5.10 Å². The van der Waals surface area contributed by atoms with E-state index in [1.54, 1.807) is 31.6 Å². The summed E-state index contributed by atoms with van der Waals surface area (Å²) < 4.78 is 20.4. The minimum Gasteiger partial charge on any atom is -0.497 e. The zero-order chi connectivity index (χ0) is 14.2. The first-order valence-electron chi connectivity index (χ1n) is 5.84. The van der Waals surface area contributed by atoms with Gasteiger partial charge in [-0.15, -0.1) is 0 Å². The number of benzene rings is 1. The van der Waals surface area contributed by atoms with Gasteiger partial charge in [0.2, 0.25) is 0 Å². The Kier molecular flexibility index (Phi) is 3.38. The van der Waals surface area contributed by atoms with Crippen LogP contribution in [0.3, 0.4) is 0 Å². The third-order valence-electron chi connectivity index (χ3n) is 3.16. The number of aromatic nitrogens is 2. The third kappa shape index (κ3) is 2.23. The monoisotopic (exact) mass is 262 g/mol. The molecule has 0 spiro atoms. The van der Waals surface area contributed by atoms with Crippen molar-refractivity contribution in [2.75, 3.05) is 7.11 Å². The van der Waals surface area contributed by atoms with Crippen molar-refractivity contribution in [3.8, 4) is 5.75 Å². The smallest absolute Gasteiger partial charge is 0.199 e. The maximum absolute atomic E-state index is 13.9. The number of methoxy groups -OCH3 is 1. The van der Waals surface area contributed by atoms with Crippen LogP contribution in [0.5, 0.6) is 5.75 Å². The van der Waals surface area contributed by atoms with Gasteiger partial charge in [0.15, 0.2) is 5.78 Å². The SMILES string of the molecule is COc1ccc(C(=O)c2c(C)nn(C)c2C)c(F)c1. The molecule has 0 aliphatic rings. The lowest BCUT2D eigenvalue weighted by atomic mass is 10.0. The Balaban J connectivity index is 2.50. The Morgan fingerprint density at radius 3 is 2.53 bits per heavy atom. The summed E-state index contributed by atoms with van der Waals surface area (Å²) in [4.78, 5) is 12.4. The van der Waals surface area contributed by atoms with Crippen molar-refractivity contribution in [3.63, 3.8) is 0 Å². The average molecular weight is 262 g/mol. The van der Waals surface area contributed by atoms with Gasteiger partial charge < -0.3 is 4.74 Å². The van der Waals surface area contributed by atoms with E-state index >= 15 is 0 Å². The molecule has 0 N–H and O–H groups in total. The lowest BCUT2D eigenvalue weighted by Gasteiger charge is -2.05. The van der Waals surface area contributed by atoms with E-state index < -0.39 is 5.82 Å². The van der Waals surface area contributed by atoms with Crippen LogP contribution >= 0.6 is 0 Å². The molecule has 0 radical (unpaired) electrons. The molecule has 0 aliphatic carbocycles. The highest BCUT2D eigenvalue weighted by Gasteiger charge is 2.21. The molecule has 100 valence electrons. The molecule has 5 heteroatoms. The van der Waals surface area contributed by atoms with Crippen LogP contribution in [0.15, 0.2) is 18.2 Å². The van der Waals surface area contributed by atoms with Crippen molar-refractivity contribution in [1.82, 2.24) is 9.78 Å². The topological polar surface area (TPSA) is 44.1 Å². The van der Waals surface area contributed by atoms with E-state index in [-0.39, 0.29) is 11.3 Å². The van der Waals surface area contributed by atoms with Crippen LogP contribution in [0, 0.1) is 19.7 Å². The second kappa shape index (κ2) is 4.84.